The van der Waals surface area contributed by atoms with E-state index < -0.39 is 0 Å². The van der Waals surface area contributed by atoms with Crippen molar-refractivity contribution in [2.24, 2.45) is 5.92 Å². The molecule has 1 aliphatic rings. The molecule has 17 heavy (non-hydrogen) atoms. The van der Waals surface area contributed by atoms with E-state index in [1.807, 2.05) is 0 Å². The zero-order valence-corrected chi connectivity index (χ0v) is 12.0. The molecule has 1 atom stereocenters. The topological polar surface area (TPSA) is 24.5 Å². The van der Waals surface area contributed by atoms with Crippen molar-refractivity contribution in [3.63, 3.8) is 0 Å². The maximum atomic E-state index is 5.25. The number of rotatable bonds is 8. The van der Waals surface area contributed by atoms with Gasteiger partial charge >= 0.3 is 0 Å². The third-order valence-corrected chi connectivity index (χ3v) is 3.97. The summed E-state index contributed by atoms with van der Waals surface area (Å²) in [5.74, 6) is 0.631. The zero-order valence-electron chi connectivity index (χ0n) is 12.0. The van der Waals surface area contributed by atoms with Crippen LogP contribution in [0.15, 0.2) is 0 Å². The van der Waals surface area contributed by atoms with Crippen LogP contribution in [0.1, 0.15) is 39.5 Å². The fraction of sp³-hybridized carbons (Fsp3) is 1.00. The Balaban J connectivity index is 2.16. The molecule has 1 saturated carbocycles. The Morgan fingerprint density at radius 3 is 2.47 bits per heavy atom. The van der Waals surface area contributed by atoms with Gasteiger partial charge in [0.1, 0.15) is 0 Å². The van der Waals surface area contributed by atoms with E-state index >= 15 is 0 Å². The number of hydrogen-bond acceptors (Lipinski definition) is 3. The van der Waals surface area contributed by atoms with Crippen molar-refractivity contribution in [1.29, 1.82) is 0 Å². The van der Waals surface area contributed by atoms with Gasteiger partial charge in [-0.2, -0.15) is 0 Å². The van der Waals surface area contributed by atoms with E-state index in [1.165, 1.54) is 25.7 Å². The molecule has 0 heterocycles. The molecule has 102 valence electrons. The van der Waals surface area contributed by atoms with Crippen LogP contribution in [0.3, 0.4) is 0 Å². The largest absolute Gasteiger partial charge is 0.383 e. The molecule has 1 rings (SSSR count). The fourth-order valence-corrected chi connectivity index (χ4v) is 2.62. The van der Waals surface area contributed by atoms with Crippen molar-refractivity contribution in [2.45, 2.75) is 51.6 Å². The first-order chi connectivity index (χ1) is 8.15. The molecule has 0 aromatic carbocycles. The first kappa shape index (κ1) is 14.9. The lowest BCUT2D eigenvalue weighted by Gasteiger charge is -2.27. The molecule has 0 bridgehead atoms. The molecule has 3 nitrogen and oxygen atoms in total. The minimum absolute atomic E-state index is 0.483. The molecule has 1 unspecified atom stereocenters. The van der Waals surface area contributed by atoms with Crippen molar-refractivity contribution >= 4 is 0 Å². The van der Waals surface area contributed by atoms with E-state index in [1.54, 1.807) is 7.11 Å². The lowest BCUT2D eigenvalue weighted by molar-refractivity contribution is 0.143. The van der Waals surface area contributed by atoms with Crippen molar-refractivity contribution in [3.05, 3.63) is 0 Å². The van der Waals surface area contributed by atoms with Crippen LogP contribution in [0.2, 0.25) is 0 Å². The molecule has 0 spiro atoms. The van der Waals surface area contributed by atoms with Crippen LogP contribution in [0, 0.1) is 5.92 Å². The van der Waals surface area contributed by atoms with Crippen LogP contribution < -0.4 is 5.32 Å². The summed E-state index contributed by atoms with van der Waals surface area (Å²) < 4.78 is 5.25. The third kappa shape index (κ3) is 5.36. The summed E-state index contributed by atoms with van der Waals surface area (Å²) in [5.41, 5.74) is 0. The van der Waals surface area contributed by atoms with Crippen molar-refractivity contribution in [3.8, 4) is 0 Å². The Morgan fingerprint density at radius 1 is 1.29 bits per heavy atom. The van der Waals surface area contributed by atoms with Crippen LogP contribution in [-0.4, -0.2) is 50.8 Å². The van der Waals surface area contributed by atoms with Gasteiger partial charge in [-0.3, -0.25) is 0 Å². The molecule has 1 fully saturated rings. The van der Waals surface area contributed by atoms with Gasteiger partial charge in [0.2, 0.25) is 0 Å². The highest BCUT2D eigenvalue weighted by Gasteiger charge is 2.19. The summed E-state index contributed by atoms with van der Waals surface area (Å²) in [4.78, 5) is 2.52. The van der Waals surface area contributed by atoms with E-state index in [0.29, 0.717) is 12.0 Å². The Labute approximate surface area is 107 Å². The molecule has 3 heteroatoms. The standard InChI is InChI=1S/C14H30N2O/c1-12(2)14(11-17-4)15-9-10-16(3)13-7-5-6-8-13/h12-15H,5-11H2,1-4H3. The molecule has 1 N–H and O–H groups in total. The first-order valence-electron chi connectivity index (χ1n) is 7.07. The Bertz CT molecular complexity index is 191. The number of ether oxygens (including phenoxy) is 1. The summed E-state index contributed by atoms with van der Waals surface area (Å²) in [6.07, 6.45) is 5.62. The summed E-state index contributed by atoms with van der Waals surface area (Å²) >= 11 is 0. The molecular weight excluding hydrogens is 212 g/mol. The highest BCUT2D eigenvalue weighted by molar-refractivity contribution is 4.76. The van der Waals surface area contributed by atoms with E-state index in [2.05, 4.69) is 31.1 Å². The average Bonchev–Trinajstić information content (AvgIpc) is 2.81. The first-order valence-corrected chi connectivity index (χ1v) is 7.07. The monoisotopic (exact) mass is 242 g/mol. The lowest BCUT2D eigenvalue weighted by atomic mass is 10.1. The Kier molecular flexibility index (Phi) is 7.09. The van der Waals surface area contributed by atoms with Gasteiger partial charge in [-0.05, 0) is 25.8 Å². The second-order valence-corrected chi connectivity index (χ2v) is 5.68. The summed E-state index contributed by atoms with van der Waals surface area (Å²) in [7, 11) is 4.04. The highest BCUT2D eigenvalue weighted by atomic mass is 16.5. The van der Waals surface area contributed by atoms with Gasteiger partial charge in [0.05, 0.1) is 6.61 Å². The second kappa shape index (κ2) is 8.06. The van der Waals surface area contributed by atoms with Gasteiger partial charge < -0.3 is 15.0 Å². The fourth-order valence-electron chi connectivity index (χ4n) is 2.62. The summed E-state index contributed by atoms with van der Waals surface area (Å²) in [5, 5.41) is 3.61. The van der Waals surface area contributed by atoms with Crippen LogP contribution in [0.4, 0.5) is 0 Å². The molecule has 0 saturated heterocycles. The third-order valence-electron chi connectivity index (χ3n) is 3.97. The molecule has 0 radical (unpaired) electrons. The van der Waals surface area contributed by atoms with E-state index in [4.69, 9.17) is 4.74 Å². The van der Waals surface area contributed by atoms with Crippen molar-refractivity contribution in [1.82, 2.24) is 10.2 Å². The molecule has 0 aromatic rings. The molecular formula is C14H30N2O. The van der Waals surface area contributed by atoms with E-state index in [0.717, 1.165) is 25.7 Å². The smallest absolute Gasteiger partial charge is 0.0618 e. The highest BCUT2D eigenvalue weighted by Crippen LogP contribution is 2.21. The average molecular weight is 242 g/mol. The van der Waals surface area contributed by atoms with Crippen LogP contribution >= 0.6 is 0 Å². The van der Waals surface area contributed by atoms with Gasteiger partial charge in [-0.1, -0.05) is 26.7 Å². The maximum absolute atomic E-state index is 5.25. The summed E-state index contributed by atoms with van der Waals surface area (Å²) in [6, 6.07) is 1.31. The van der Waals surface area contributed by atoms with Crippen LogP contribution in [0.5, 0.6) is 0 Å². The molecule has 0 aliphatic heterocycles. The SMILES string of the molecule is COCC(NCCN(C)C1CCCC1)C(C)C. The number of likely N-dealkylation sites (N-methyl/N-ethyl adjacent to an activating group) is 1. The quantitative estimate of drug-likeness (QED) is 0.705. The summed E-state index contributed by atoms with van der Waals surface area (Å²) in [6.45, 7) is 7.52. The second-order valence-electron chi connectivity index (χ2n) is 5.68. The number of nitrogens with zero attached hydrogens (tertiary/aromatic N) is 1. The molecule has 0 aromatic heterocycles. The van der Waals surface area contributed by atoms with Gasteiger partial charge in [0.15, 0.2) is 0 Å². The minimum atomic E-state index is 0.483. The zero-order chi connectivity index (χ0) is 12.7. The Hall–Kier alpha value is -0.120. The van der Waals surface area contributed by atoms with Crippen molar-refractivity contribution < 1.29 is 4.74 Å². The normalized spacial score (nSPS) is 19.4. The van der Waals surface area contributed by atoms with Crippen molar-refractivity contribution in [2.75, 3.05) is 33.9 Å². The molecule has 1 aliphatic carbocycles. The predicted octanol–water partition coefficient (Wildman–Crippen LogP) is 2.12. The van der Waals surface area contributed by atoms with Gasteiger partial charge in [-0.25, -0.2) is 0 Å². The molecule has 0 amide bonds. The maximum Gasteiger partial charge on any atom is 0.0618 e. The van der Waals surface area contributed by atoms with Crippen LogP contribution in [0.25, 0.3) is 0 Å². The van der Waals surface area contributed by atoms with Gasteiger partial charge in [0, 0.05) is 32.3 Å². The number of methoxy groups -OCH3 is 1. The number of hydrogen-bond donors (Lipinski definition) is 1. The van der Waals surface area contributed by atoms with Gasteiger partial charge in [0.25, 0.3) is 0 Å². The predicted molar refractivity (Wildman–Crippen MR) is 73.4 cm³/mol. The lowest BCUT2D eigenvalue weighted by Crippen LogP contribution is -2.43. The van der Waals surface area contributed by atoms with E-state index in [-0.39, 0.29) is 0 Å². The minimum Gasteiger partial charge on any atom is -0.383 e. The van der Waals surface area contributed by atoms with Crippen LogP contribution in [-0.2, 0) is 4.74 Å². The van der Waals surface area contributed by atoms with E-state index in [9.17, 15) is 0 Å². The number of nitrogens with one attached hydrogen (secondary N) is 1. The Morgan fingerprint density at radius 2 is 1.94 bits per heavy atom. The van der Waals surface area contributed by atoms with Gasteiger partial charge in [-0.15, -0.1) is 0 Å².